The monoisotopic (exact) mass is 224 g/mol. The molecule has 2 rings (SSSR count). The van der Waals surface area contributed by atoms with Gasteiger partial charge in [0.05, 0.1) is 6.20 Å². The van der Waals surface area contributed by atoms with Gasteiger partial charge in [0.25, 0.3) is 0 Å². The van der Waals surface area contributed by atoms with Gasteiger partial charge in [-0.1, -0.05) is 0 Å². The van der Waals surface area contributed by atoms with Crippen LogP contribution in [0.1, 0.15) is 12.8 Å². The van der Waals surface area contributed by atoms with Crippen LogP contribution < -0.4 is 10.5 Å². The minimum atomic E-state index is -0.694. The molecule has 1 fully saturated rings. The molecule has 1 aliphatic heterocycles. The molecule has 0 atom stereocenters. The number of carbonyl (C=O) groups is 2. The number of nitrogen functional groups attached to an aromatic ring is 1. The van der Waals surface area contributed by atoms with E-state index in [0.717, 1.165) is 4.90 Å². The van der Waals surface area contributed by atoms with E-state index in [-0.39, 0.29) is 17.7 Å². The molecule has 7 nitrogen and oxygen atoms in total. The maximum atomic E-state index is 11.5. The van der Waals surface area contributed by atoms with E-state index in [1.54, 1.807) is 7.05 Å². The van der Waals surface area contributed by atoms with Crippen molar-refractivity contribution in [2.24, 2.45) is 7.05 Å². The zero-order valence-electron chi connectivity index (χ0n) is 8.84. The number of imidazole rings is 1. The van der Waals surface area contributed by atoms with Crippen LogP contribution in [0.2, 0.25) is 0 Å². The van der Waals surface area contributed by atoms with Gasteiger partial charge in [-0.3, -0.25) is 4.79 Å². The number of hydrogen-bond donors (Lipinski definition) is 1. The zero-order valence-corrected chi connectivity index (χ0v) is 8.84. The number of nitrogens with two attached hydrogens (primary N) is 1. The topological polar surface area (TPSA) is 90.5 Å². The summed E-state index contributed by atoms with van der Waals surface area (Å²) in [7, 11) is 1.68. The lowest BCUT2D eigenvalue weighted by Crippen LogP contribution is -2.34. The lowest BCUT2D eigenvalue weighted by Gasteiger charge is -2.11. The number of aryl methyl sites for hydroxylation is 1. The summed E-state index contributed by atoms with van der Waals surface area (Å²) in [5, 5.41) is 0. The molecule has 0 spiro atoms. The Morgan fingerprint density at radius 2 is 2.38 bits per heavy atom. The average molecular weight is 224 g/mol. The summed E-state index contributed by atoms with van der Waals surface area (Å²) >= 11 is 0. The third-order valence-corrected chi connectivity index (χ3v) is 2.38. The number of likely N-dealkylation sites (tertiary alicyclic amines) is 1. The molecule has 2 heterocycles. The Balaban J connectivity index is 2.04. The summed E-state index contributed by atoms with van der Waals surface area (Å²) in [6.45, 7) is 0.403. The molecule has 0 aliphatic carbocycles. The largest absolute Gasteiger partial charge is 0.423 e. The van der Waals surface area contributed by atoms with Gasteiger partial charge in [-0.05, 0) is 6.42 Å². The first-order chi connectivity index (χ1) is 7.58. The van der Waals surface area contributed by atoms with Gasteiger partial charge in [0.2, 0.25) is 17.7 Å². The Morgan fingerprint density at radius 3 is 2.88 bits per heavy atom. The van der Waals surface area contributed by atoms with E-state index >= 15 is 0 Å². The molecule has 0 unspecified atom stereocenters. The molecule has 1 aromatic heterocycles. The molecule has 0 radical (unpaired) electrons. The van der Waals surface area contributed by atoms with Crippen molar-refractivity contribution < 1.29 is 14.3 Å². The van der Waals surface area contributed by atoms with Crippen molar-refractivity contribution in [1.82, 2.24) is 14.5 Å². The number of hydrogen-bond acceptors (Lipinski definition) is 5. The summed E-state index contributed by atoms with van der Waals surface area (Å²) in [4.78, 5) is 27.7. The van der Waals surface area contributed by atoms with Crippen LogP contribution in [0.4, 0.5) is 10.7 Å². The molecule has 2 N–H and O–H groups in total. The zero-order chi connectivity index (χ0) is 11.7. The molecule has 0 saturated carbocycles. The highest BCUT2D eigenvalue weighted by Crippen LogP contribution is 2.15. The van der Waals surface area contributed by atoms with E-state index in [0.29, 0.717) is 19.4 Å². The summed E-state index contributed by atoms with van der Waals surface area (Å²) in [5.41, 5.74) is 5.48. The number of aromatic nitrogens is 2. The third-order valence-electron chi connectivity index (χ3n) is 2.38. The first kappa shape index (κ1) is 10.5. The van der Waals surface area contributed by atoms with Crippen LogP contribution in [0.15, 0.2) is 6.20 Å². The van der Waals surface area contributed by atoms with Crippen LogP contribution in [0.25, 0.3) is 0 Å². The van der Waals surface area contributed by atoms with Gasteiger partial charge in [-0.15, -0.1) is 0 Å². The third kappa shape index (κ3) is 1.83. The van der Waals surface area contributed by atoms with Crippen molar-refractivity contribution in [3.8, 4) is 5.88 Å². The second-order valence-corrected chi connectivity index (χ2v) is 3.57. The number of anilines is 1. The Morgan fingerprint density at radius 1 is 1.62 bits per heavy atom. The fourth-order valence-corrected chi connectivity index (χ4v) is 1.49. The summed E-state index contributed by atoms with van der Waals surface area (Å²) in [6, 6.07) is 0. The molecular formula is C9H12N4O3. The van der Waals surface area contributed by atoms with Crippen LogP contribution in [-0.4, -0.2) is 33.0 Å². The van der Waals surface area contributed by atoms with Crippen molar-refractivity contribution in [3.63, 3.8) is 0 Å². The normalized spacial score (nSPS) is 15.6. The van der Waals surface area contributed by atoms with Crippen LogP contribution in [0, 0.1) is 0 Å². The Bertz CT molecular complexity index is 420. The summed E-state index contributed by atoms with van der Waals surface area (Å²) < 4.78 is 6.45. The summed E-state index contributed by atoms with van der Waals surface area (Å²) in [5.74, 6) is 0.133. The molecule has 86 valence electrons. The second-order valence-electron chi connectivity index (χ2n) is 3.57. The average Bonchev–Trinajstić information content (AvgIpc) is 2.74. The fraction of sp³-hybridized carbons (Fsp3) is 0.444. The molecule has 1 aliphatic rings. The molecule has 0 aromatic carbocycles. The quantitative estimate of drug-likeness (QED) is 0.731. The van der Waals surface area contributed by atoms with Crippen LogP contribution in [-0.2, 0) is 11.8 Å². The van der Waals surface area contributed by atoms with Gasteiger partial charge in [-0.25, -0.2) is 9.69 Å². The van der Waals surface area contributed by atoms with Gasteiger partial charge in [-0.2, -0.15) is 4.98 Å². The highest BCUT2D eigenvalue weighted by molar-refractivity contribution is 5.94. The number of carbonyl (C=O) groups excluding carboxylic acids is 2. The van der Waals surface area contributed by atoms with E-state index in [4.69, 9.17) is 10.5 Å². The van der Waals surface area contributed by atoms with Crippen LogP contribution >= 0.6 is 0 Å². The second kappa shape index (κ2) is 3.84. The highest BCUT2D eigenvalue weighted by Gasteiger charge is 2.28. The smallest absolute Gasteiger partial charge is 0.389 e. The van der Waals surface area contributed by atoms with Crippen molar-refractivity contribution in [2.45, 2.75) is 12.8 Å². The first-order valence-corrected chi connectivity index (χ1v) is 4.89. The number of rotatable bonds is 1. The van der Waals surface area contributed by atoms with E-state index in [9.17, 15) is 9.59 Å². The Hall–Kier alpha value is -2.05. The molecule has 0 bridgehead atoms. The Kier molecular flexibility index (Phi) is 2.51. The minimum Gasteiger partial charge on any atom is -0.389 e. The molecule has 1 aromatic rings. The lowest BCUT2D eigenvalue weighted by atomic mass is 10.4. The van der Waals surface area contributed by atoms with E-state index < -0.39 is 6.09 Å². The standard InChI is InChI=1S/C9H12N4O3/c1-12-5-6(11-8(12)10)16-9(15)13-4-2-3-7(13)14/h5H,2-4H2,1H3,(H2,10,11). The van der Waals surface area contributed by atoms with E-state index in [2.05, 4.69) is 4.98 Å². The number of amides is 2. The number of ether oxygens (including phenoxy) is 1. The SMILES string of the molecule is Cn1cc(OC(=O)N2CCCC2=O)nc1N. The number of nitrogens with zero attached hydrogens (tertiary/aromatic N) is 3. The fourth-order valence-electron chi connectivity index (χ4n) is 1.49. The maximum Gasteiger partial charge on any atom is 0.423 e. The minimum absolute atomic E-state index is 0.102. The lowest BCUT2D eigenvalue weighted by molar-refractivity contribution is -0.125. The molecule has 2 amide bonds. The van der Waals surface area contributed by atoms with Gasteiger partial charge < -0.3 is 15.0 Å². The molecule has 1 saturated heterocycles. The molecular weight excluding hydrogens is 212 g/mol. The van der Waals surface area contributed by atoms with Crippen molar-refractivity contribution in [2.75, 3.05) is 12.3 Å². The Labute approximate surface area is 91.8 Å². The van der Waals surface area contributed by atoms with Crippen LogP contribution in [0.3, 0.4) is 0 Å². The van der Waals surface area contributed by atoms with Crippen molar-refractivity contribution >= 4 is 17.9 Å². The van der Waals surface area contributed by atoms with Crippen LogP contribution in [0.5, 0.6) is 5.88 Å². The molecule has 16 heavy (non-hydrogen) atoms. The van der Waals surface area contributed by atoms with Gasteiger partial charge in [0, 0.05) is 20.0 Å². The molecule has 7 heteroatoms. The summed E-state index contributed by atoms with van der Waals surface area (Å²) in [6.07, 6.45) is 1.85. The number of imide groups is 1. The predicted octanol–water partition coefficient (Wildman–Crippen LogP) is 0.124. The van der Waals surface area contributed by atoms with Gasteiger partial charge in [0.1, 0.15) is 0 Å². The maximum absolute atomic E-state index is 11.5. The van der Waals surface area contributed by atoms with E-state index in [1.807, 2.05) is 0 Å². The first-order valence-electron chi connectivity index (χ1n) is 4.89. The highest BCUT2D eigenvalue weighted by atomic mass is 16.6. The van der Waals surface area contributed by atoms with Gasteiger partial charge >= 0.3 is 6.09 Å². The predicted molar refractivity (Wildman–Crippen MR) is 54.6 cm³/mol. The van der Waals surface area contributed by atoms with Crippen molar-refractivity contribution in [1.29, 1.82) is 0 Å². The van der Waals surface area contributed by atoms with E-state index in [1.165, 1.54) is 10.8 Å². The van der Waals surface area contributed by atoms with Crippen molar-refractivity contribution in [3.05, 3.63) is 6.20 Å². The van der Waals surface area contributed by atoms with Gasteiger partial charge in [0.15, 0.2) is 0 Å².